The van der Waals surface area contributed by atoms with Gasteiger partial charge in [-0.3, -0.25) is 0 Å². The summed E-state index contributed by atoms with van der Waals surface area (Å²) in [5.74, 6) is -0.881. The number of fused-ring (bicyclic) bond motifs is 2. The number of aromatic nitrogens is 1. The quantitative estimate of drug-likeness (QED) is 0.414. The van der Waals surface area contributed by atoms with E-state index in [1.54, 1.807) is 23.1 Å². The van der Waals surface area contributed by atoms with Crippen molar-refractivity contribution < 1.29 is 28.0 Å². The van der Waals surface area contributed by atoms with Crippen molar-refractivity contribution in [3.8, 4) is 11.3 Å². The molecule has 2 aromatic rings. The molecular weight excluding hydrogens is 498 g/mol. The van der Waals surface area contributed by atoms with Crippen LogP contribution in [0.2, 0.25) is 10.0 Å². The standard InChI is InChI=1S/C25H27Cl2FN2O5/c1-24(2,3)34-23(32)30-13-7-8-14(30)12-15(11-13)33-22(31)19-20(18-16(26)5-4-6-17(18)27)29-35-21(19)25(28)9-10-25/h4-6,13-15H,7-12H2,1-3H3. The van der Waals surface area contributed by atoms with Crippen LogP contribution < -0.4 is 0 Å². The van der Waals surface area contributed by atoms with Crippen molar-refractivity contribution in [3.63, 3.8) is 0 Å². The third-order valence-electron chi connectivity index (χ3n) is 6.76. The number of hydrogen-bond acceptors (Lipinski definition) is 6. The number of alkyl halides is 1. The highest BCUT2D eigenvalue weighted by Gasteiger charge is 2.53. The molecule has 0 spiro atoms. The summed E-state index contributed by atoms with van der Waals surface area (Å²) in [6, 6.07) is 4.71. The number of benzene rings is 1. The van der Waals surface area contributed by atoms with Gasteiger partial charge in [0.1, 0.15) is 23.0 Å². The minimum absolute atomic E-state index is 0.0682. The van der Waals surface area contributed by atoms with Crippen LogP contribution in [-0.2, 0) is 15.1 Å². The molecule has 1 aromatic heterocycles. The van der Waals surface area contributed by atoms with Crippen LogP contribution in [0.15, 0.2) is 22.7 Å². The van der Waals surface area contributed by atoms with Gasteiger partial charge in [-0.15, -0.1) is 0 Å². The normalized spacial score (nSPS) is 24.9. The van der Waals surface area contributed by atoms with E-state index in [4.69, 9.17) is 37.2 Å². The van der Waals surface area contributed by atoms with Gasteiger partial charge in [0.2, 0.25) is 0 Å². The maximum absolute atomic E-state index is 15.1. The Morgan fingerprint density at radius 3 is 2.29 bits per heavy atom. The SMILES string of the molecule is CC(C)(C)OC(=O)N1C2CCC1CC(OC(=O)c1c(-c3c(Cl)cccc3Cl)noc1C1(F)CC1)C2. The van der Waals surface area contributed by atoms with Crippen LogP contribution in [0.3, 0.4) is 0 Å². The van der Waals surface area contributed by atoms with Gasteiger partial charge in [-0.05, 0) is 58.6 Å². The average molecular weight is 525 g/mol. The van der Waals surface area contributed by atoms with E-state index in [0.29, 0.717) is 18.4 Å². The van der Waals surface area contributed by atoms with Crippen LogP contribution in [0.4, 0.5) is 9.18 Å². The second-order valence-corrected chi connectivity index (χ2v) is 11.4. The van der Waals surface area contributed by atoms with Crippen molar-refractivity contribution in [1.82, 2.24) is 10.1 Å². The summed E-state index contributed by atoms with van der Waals surface area (Å²) in [7, 11) is 0. The van der Waals surface area contributed by atoms with Crippen molar-refractivity contribution in [3.05, 3.63) is 39.6 Å². The number of rotatable bonds is 4. The Kier molecular flexibility index (Phi) is 6.03. The summed E-state index contributed by atoms with van der Waals surface area (Å²) in [4.78, 5) is 27.9. The van der Waals surface area contributed by atoms with Crippen LogP contribution >= 0.6 is 23.2 Å². The smallest absolute Gasteiger partial charge is 0.410 e. The first-order valence-corrected chi connectivity index (χ1v) is 12.6. The van der Waals surface area contributed by atoms with Crippen LogP contribution in [0, 0.1) is 0 Å². The molecule has 1 saturated carbocycles. The van der Waals surface area contributed by atoms with Gasteiger partial charge in [0, 0.05) is 30.5 Å². The van der Waals surface area contributed by atoms with Gasteiger partial charge in [0.25, 0.3) is 0 Å². The molecule has 5 rings (SSSR count). The maximum Gasteiger partial charge on any atom is 0.410 e. The number of amides is 1. The molecule has 0 radical (unpaired) electrons. The third kappa shape index (κ3) is 4.62. The molecule has 2 saturated heterocycles. The molecule has 2 aliphatic heterocycles. The third-order valence-corrected chi connectivity index (χ3v) is 7.39. The molecular formula is C25H27Cl2FN2O5. The van der Waals surface area contributed by atoms with E-state index in [-0.39, 0.29) is 58.1 Å². The van der Waals surface area contributed by atoms with Gasteiger partial charge >= 0.3 is 12.1 Å². The lowest BCUT2D eigenvalue weighted by molar-refractivity contribution is -0.0227. The molecule has 3 heterocycles. The van der Waals surface area contributed by atoms with Crippen molar-refractivity contribution in [1.29, 1.82) is 0 Å². The number of piperidine rings is 1. The first-order chi connectivity index (χ1) is 16.5. The number of hydrogen-bond donors (Lipinski definition) is 0. The van der Waals surface area contributed by atoms with Gasteiger partial charge < -0.3 is 18.9 Å². The Morgan fingerprint density at radius 2 is 1.74 bits per heavy atom. The number of carbonyl (C=O) groups is 2. The van der Waals surface area contributed by atoms with Crippen LogP contribution in [0.1, 0.15) is 75.4 Å². The Bertz CT molecular complexity index is 1140. The molecule has 7 nitrogen and oxygen atoms in total. The summed E-state index contributed by atoms with van der Waals surface area (Å²) in [5, 5.41) is 4.51. The fourth-order valence-corrected chi connectivity index (χ4v) is 5.64. The molecule has 2 bridgehead atoms. The average Bonchev–Trinajstić information content (AvgIpc) is 3.23. The molecule has 0 N–H and O–H groups in total. The minimum Gasteiger partial charge on any atom is -0.458 e. The fourth-order valence-electron chi connectivity index (χ4n) is 5.06. The summed E-state index contributed by atoms with van der Waals surface area (Å²) < 4.78 is 31.9. The zero-order valence-electron chi connectivity index (χ0n) is 19.8. The largest absolute Gasteiger partial charge is 0.458 e. The second-order valence-electron chi connectivity index (χ2n) is 10.6. The Morgan fingerprint density at radius 1 is 1.14 bits per heavy atom. The lowest BCUT2D eigenvalue weighted by Gasteiger charge is -2.39. The molecule has 1 aromatic carbocycles. The zero-order chi connectivity index (χ0) is 25.1. The molecule has 3 aliphatic rings. The fraction of sp³-hybridized carbons (Fsp3) is 0.560. The monoisotopic (exact) mass is 524 g/mol. The maximum atomic E-state index is 15.1. The Balaban J connectivity index is 1.39. The van der Waals surface area contributed by atoms with Crippen LogP contribution in [0.5, 0.6) is 0 Å². The molecule has 10 heteroatoms. The van der Waals surface area contributed by atoms with Crippen LogP contribution in [0.25, 0.3) is 11.3 Å². The molecule has 35 heavy (non-hydrogen) atoms. The van der Waals surface area contributed by atoms with Gasteiger partial charge in [0.05, 0.1) is 10.0 Å². The number of esters is 1. The molecule has 2 atom stereocenters. The van der Waals surface area contributed by atoms with Gasteiger partial charge in [-0.2, -0.15) is 0 Å². The molecule has 188 valence electrons. The van der Waals surface area contributed by atoms with Gasteiger partial charge in [0.15, 0.2) is 11.4 Å². The predicted octanol–water partition coefficient (Wildman–Crippen LogP) is 6.69. The van der Waals surface area contributed by atoms with Gasteiger partial charge in [-0.1, -0.05) is 34.4 Å². The predicted molar refractivity (Wildman–Crippen MR) is 127 cm³/mol. The molecule has 1 amide bonds. The highest BCUT2D eigenvalue weighted by molar-refractivity contribution is 6.39. The van der Waals surface area contributed by atoms with E-state index in [1.807, 2.05) is 20.8 Å². The summed E-state index contributed by atoms with van der Waals surface area (Å²) in [6.07, 6.45) is 2.25. The van der Waals surface area contributed by atoms with Crippen molar-refractivity contribution in [2.45, 2.75) is 88.8 Å². The number of carbonyl (C=O) groups excluding carboxylic acids is 2. The van der Waals surface area contributed by atoms with E-state index in [0.717, 1.165) is 12.8 Å². The van der Waals surface area contributed by atoms with E-state index < -0.39 is 23.3 Å². The first-order valence-electron chi connectivity index (χ1n) is 11.8. The summed E-state index contributed by atoms with van der Waals surface area (Å²) >= 11 is 12.7. The second kappa shape index (κ2) is 8.66. The minimum atomic E-state index is -1.76. The molecule has 1 aliphatic carbocycles. The number of ether oxygens (including phenoxy) is 2. The Hall–Kier alpha value is -2.32. The van der Waals surface area contributed by atoms with Crippen molar-refractivity contribution in [2.75, 3.05) is 0 Å². The van der Waals surface area contributed by atoms with Crippen molar-refractivity contribution in [2.24, 2.45) is 0 Å². The van der Waals surface area contributed by atoms with E-state index in [2.05, 4.69) is 5.16 Å². The lowest BCUT2D eigenvalue weighted by Crippen LogP contribution is -2.50. The summed E-state index contributed by atoms with van der Waals surface area (Å²) in [6.45, 7) is 5.49. The number of nitrogens with zero attached hydrogens (tertiary/aromatic N) is 2. The highest BCUT2D eigenvalue weighted by Crippen LogP contribution is 2.53. The van der Waals surface area contributed by atoms with E-state index in [9.17, 15) is 9.59 Å². The van der Waals surface area contributed by atoms with Crippen molar-refractivity contribution >= 4 is 35.3 Å². The number of halogens is 3. The van der Waals surface area contributed by atoms with E-state index >= 15 is 4.39 Å². The molecule has 2 unspecified atom stereocenters. The van der Waals surface area contributed by atoms with Gasteiger partial charge in [-0.25, -0.2) is 14.0 Å². The lowest BCUT2D eigenvalue weighted by atomic mass is 9.99. The van der Waals surface area contributed by atoms with E-state index in [1.165, 1.54) is 0 Å². The topological polar surface area (TPSA) is 81.9 Å². The van der Waals surface area contributed by atoms with Crippen LogP contribution in [-0.4, -0.2) is 45.9 Å². The highest BCUT2D eigenvalue weighted by atomic mass is 35.5. The molecule has 3 fully saturated rings. The zero-order valence-corrected chi connectivity index (χ0v) is 21.3. The first kappa shape index (κ1) is 24.4. The summed E-state index contributed by atoms with van der Waals surface area (Å²) in [5.41, 5.74) is -2.07. The Labute approximate surface area is 212 Å².